The average Bonchev–Trinajstić information content (AvgIpc) is 2.28. The number of hydrogen-bond donors (Lipinski definition) is 0. The molecule has 16 heavy (non-hydrogen) atoms. The molecule has 0 bridgehead atoms. The summed E-state index contributed by atoms with van der Waals surface area (Å²) in [7, 11) is 10.2. The molecule has 0 aliphatic rings. The van der Waals surface area contributed by atoms with Crippen LogP contribution in [0.3, 0.4) is 0 Å². The molecular weight excluding hydrogens is 202 g/mol. The van der Waals surface area contributed by atoms with Crippen LogP contribution in [0, 0.1) is 5.92 Å². The summed E-state index contributed by atoms with van der Waals surface area (Å²) in [5, 5.41) is 0. The largest absolute Gasteiger partial charge is 0.460 e. The molecule has 0 spiro atoms. The Morgan fingerprint density at radius 3 is 2.38 bits per heavy atom. The Morgan fingerprint density at radius 2 is 1.88 bits per heavy atom. The second kappa shape index (κ2) is 6.16. The van der Waals surface area contributed by atoms with Crippen LogP contribution in [0.25, 0.3) is 0 Å². The van der Waals surface area contributed by atoms with Gasteiger partial charge in [-0.2, -0.15) is 0 Å². The van der Waals surface area contributed by atoms with Crippen molar-refractivity contribution in [2.75, 3.05) is 0 Å². The topological polar surface area (TPSA) is 43.4 Å². The maximum absolute atomic E-state index is 11.4. The van der Waals surface area contributed by atoms with Crippen molar-refractivity contribution in [2.24, 2.45) is 5.92 Å². The SMILES string of the molecule is [B]CC(C([B])=O)C(=O)OCc1ccccc1. The molecule has 0 heterocycles. The van der Waals surface area contributed by atoms with Crippen LogP contribution in [0.1, 0.15) is 5.56 Å². The van der Waals surface area contributed by atoms with Crippen molar-refractivity contribution in [2.45, 2.75) is 12.9 Å². The molecule has 0 aromatic heterocycles. The van der Waals surface area contributed by atoms with E-state index in [4.69, 9.17) is 20.4 Å². The Kier molecular flexibility index (Phi) is 4.83. The van der Waals surface area contributed by atoms with Gasteiger partial charge in [-0.05, 0) is 5.56 Å². The summed E-state index contributed by atoms with van der Waals surface area (Å²) >= 11 is 0. The van der Waals surface area contributed by atoms with E-state index in [-0.39, 0.29) is 12.9 Å². The lowest BCUT2D eigenvalue weighted by Crippen LogP contribution is -2.25. The van der Waals surface area contributed by atoms with Crippen molar-refractivity contribution < 1.29 is 14.3 Å². The van der Waals surface area contributed by atoms with Crippen LogP contribution in [0.2, 0.25) is 6.32 Å². The van der Waals surface area contributed by atoms with Crippen LogP contribution in [-0.4, -0.2) is 27.3 Å². The molecule has 0 aliphatic carbocycles. The number of carbonyl (C=O) groups is 2. The molecular formula is C11H10B2O3. The lowest BCUT2D eigenvalue weighted by Gasteiger charge is -2.11. The van der Waals surface area contributed by atoms with Crippen LogP contribution in [0.4, 0.5) is 0 Å². The number of ether oxygens (including phenoxy) is 1. The van der Waals surface area contributed by atoms with Gasteiger partial charge in [0.1, 0.15) is 6.61 Å². The van der Waals surface area contributed by atoms with Crippen molar-refractivity contribution in [3.05, 3.63) is 35.9 Å². The first-order valence-electron chi connectivity index (χ1n) is 4.85. The first kappa shape index (κ1) is 12.6. The standard InChI is InChI=1S/C11H10B2O3/c12-6-9(10(13)14)11(15)16-7-8-4-2-1-3-5-8/h1-5,9H,6-7H2. The Morgan fingerprint density at radius 1 is 1.25 bits per heavy atom. The van der Waals surface area contributed by atoms with Gasteiger partial charge in [-0.3, -0.25) is 4.79 Å². The van der Waals surface area contributed by atoms with Gasteiger partial charge in [-0.1, -0.05) is 36.7 Å². The highest BCUT2D eigenvalue weighted by Gasteiger charge is 2.21. The van der Waals surface area contributed by atoms with Crippen LogP contribution >= 0.6 is 0 Å². The van der Waals surface area contributed by atoms with E-state index in [1.54, 1.807) is 0 Å². The molecule has 1 aromatic rings. The predicted molar refractivity (Wildman–Crippen MR) is 61.1 cm³/mol. The number of benzene rings is 1. The molecule has 1 unspecified atom stereocenters. The molecule has 0 fully saturated rings. The highest BCUT2D eigenvalue weighted by Crippen LogP contribution is 2.07. The zero-order valence-electron chi connectivity index (χ0n) is 8.76. The van der Waals surface area contributed by atoms with Gasteiger partial charge in [0.15, 0.2) is 7.85 Å². The zero-order chi connectivity index (χ0) is 12.0. The Balaban J connectivity index is 2.49. The van der Waals surface area contributed by atoms with E-state index >= 15 is 0 Å². The Hall–Kier alpha value is -1.51. The third kappa shape index (κ3) is 3.57. The molecule has 1 rings (SSSR count). The quantitative estimate of drug-likeness (QED) is 0.408. The first-order chi connectivity index (χ1) is 7.65. The Bertz CT molecular complexity index is 365. The summed E-state index contributed by atoms with van der Waals surface area (Å²) in [6.45, 7) is 0.115. The third-order valence-corrected chi connectivity index (χ3v) is 2.09. The summed E-state index contributed by atoms with van der Waals surface area (Å²) in [6.07, 6.45) is -0.136. The molecule has 0 saturated heterocycles. The van der Waals surface area contributed by atoms with Crippen LogP contribution in [0.5, 0.6) is 0 Å². The van der Waals surface area contributed by atoms with E-state index in [1.165, 1.54) is 0 Å². The van der Waals surface area contributed by atoms with Crippen LogP contribution in [-0.2, 0) is 20.9 Å². The fraction of sp³-hybridized carbons (Fsp3) is 0.273. The molecule has 1 aromatic carbocycles. The minimum Gasteiger partial charge on any atom is -0.460 e. The first-order valence-corrected chi connectivity index (χ1v) is 4.85. The highest BCUT2D eigenvalue weighted by molar-refractivity contribution is 6.60. The van der Waals surface area contributed by atoms with Gasteiger partial charge in [0.05, 0.1) is 19.4 Å². The molecule has 0 saturated carbocycles. The average molecular weight is 212 g/mol. The number of hydrogen-bond acceptors (Lipinski definition) is 3. The van der Waals surface area contributed by atoms with Crippen molar-refractivity contribution in [3.63, 3.8) is 0 Å². The summed E-state index contributed by atoms with van der Waals surface area (Å²) in [6, 6.07) is 9.15. The molecule has 0 N–H and O–H groups in total. The van der Waals surface area contributed by atoms with Gasteiger partial charge < -0.3 is 9.53 Å². The fourth-order valence-corrected chi connectivity index (χ4v) is 1.16. The number of rotatable bonds is 5. The summed E-state index contributed by atoms with van der Waals surface area (Å²) in [4.78, 5) is 22.2. The molecule has 3 nitrogen and oxygen atoms in total. The number of carbonyl (C=O) groups excluding carboxylic acids is 2. The molecule has 1 atom stereocenters. The normalized spacial score (nSPS) is 11.8. The summed E-state index contributed by atoms with van der Waals surface area (Å²) in [5.41, 5.74) is 0.0802. The smallest absolute Gasteiger partial charge is 0.315 e. The maximum Gasteiger partial charge on any atom is 0.315 e. The second-order valence-electron chi connectivity index (χ2n) is 3.28. The van der Waals surface area contributed by atoms with Gasteiger partial charge >= 0.3 is 5.97 Å². The van der Waals surface area contributed by atoms with Gasteiger partial charge in [-0.25, -0.2) is 0 Å². The van der Waals surface area contributed by atoms with Crippen molar-refractivity contribution in [3.8, 4) is 0 Å². The maximum atomic E-state index is 11.4. The van der Waals surface area contributed by atoms with Gasteiger partial charge in [0.2, 0.25) is 0 Å². The van der Waals surface area contributed by atoms with Gasteiger partial charge in [0.25, 0.3) is 0 Å². The van der Waals surface area contributed by atoms with E-state index < -0.39 is 17.6 Å². The van der Waals surface area contributed by atoms with E-state index in [9.17, 15) is 9.59 Å². The van der Waals surface area contributed by atoms with E-state index in [0.29, 0.717) is 0 Å². The van der Waals surface area contributed by atoms with Crippen molar-refractivity contribution in [1.29, 1.82) is 0 Å². The molecule has 0 amide bonds. The molecule has 4 radical (unpaired) electrons. The molecule has 0 aliphatic heterocycles. The molecule has 78 valence electrons. The minimum absolute atomic E-state index is 0.115. The van der Waals surface area contributed by atoms with Crippen molar-refractivity contribution >= 4 is 27.3 Å². The molecule has 5 heteroatoms. The summed E-state index contributed by atoms with van der Waals surface area (Å²) in [5.74, 6) is -1.75. The minimum atomic E-state index is -1.07. The lowest BCUT2D eigenvalue weighted by atomic mass is 9.80. The highest BCUT2D eigenvalue weighted by atomic mass is 16.5. The van der Waals surface area contributed by atoms with Crippen LogP contribution in [0.15, 0.2) is 30.3 Å². The monoisotopic (exact) mass is 212 g/mol. The van der Waals surface area contributed by atoms with Gasteiger partial charge in [-0.15, -0.1) is 0 Å². The van der Waals surface area contributed by atoms with E-state index in [0.717, 1.165) is 5.56 Å². The van der Waals surface area contributed by atoms with Crippen LogP contribution < -0.4 is 0 Å². The summed E-state index contributed by atoms with van der Waals surface area (Å²) < 4.78 is 4.92. The predicted octanol–water partition coefficient (Wildman–Crippen LogP) is 0.628. The van der Waals surface area contributed by atoms with Gasteiger partial charge in [0, 0.05) is 0 Å². The Labute approximate surface area is 97.0 Å². The lowest BCUT2D eigenvalue weighted by molar-refractivity contribution is -0.150. The van der Waals surface area contributed by atoms with E-state index in [2.05, 4.69) is 0 Å². The second-order valence-corrected chi connectivity index (χ2v) is 3.28. The van der Waals surface area contributed by atoms with E-state index in [1.807, 2.05) is 30.3 Å². The zero-order valence-corrected chi connectivity index (χ0v) is 8.76. The third-order valence-electron chi connectivity index (χ3n) is 2.09. The van der Waals surface area contributed by atoms with Crippen molar-refractivity contribution in [1.82, 2.24) is 0 Å². The number of esters is 1. The fourth-order valence-electron chi connectivity index (χ4n) is 1.16.